The normalized spacial score (nSPS) is 23.4. The lowest BCUT2D eigenvalue weighted by Crippen LogP contribution is -2.49. The van der Waals surface area contributed by atoms with Gasteiger partial charge in [-0.15, -0.1) is 0 Å². The maximum atomic E-state index is 14.3. The Balaban J connectivity index is 1.99. The van der Waals surface area contributed by atoms with Crippen LogP contribution in [-0.2, 0) is 6.54 Å². The number of aliphatic hydroxyl groups is 1. The highest BCUT2D eigenvalue weighted by molar-refractivity contribution is 5.37. The topological polar surface area (TPSA) is 32.7 Å². The average molecular weight is 347 g/mol. The molecule has 1 aliphatic rings. The van der Waals surface area contributed by atoms with Crippen molar-refractivity contribution < 1.29 is 18.6 Å². The summed E-state index contributed by atoms with van der Waals surface area (Å²) in [4.78, 5) is 1.76. The number of ether oxygens (including phenoxy) is 1. The third-order valence-electron chi connectivity index (χ3n) is 4.76. The van der Waals surface area contributed by atoms with Crippen LogP contribution in [0.15, 0.2) is 54.6 Å². The molecule has 0 spiro atoms. The predicted octanol–water partition coefficient (Wildman–Crippen LogP) is 3.89. The highest BCUT2D eigenvalue weighted by Gasteiger charge is 2.46. The summed E-state index contributed by atoms with van der Waals surface area (Å²) in [7, 11) is 1.58. The number of piperidine rings is 1. The molecule has 1 heterocycles. The standard InChI is InChI=1S/C20H23F2NO2/c1-25-18-10-6-5-9-17(18)19-16(13-24)11-20(21,22)14-23(19)12-15-7-3-2-4-8-15/h2-10,16,19,24H,11-14H2,1H3/t16-,19+/m0/s1. The summed E-state index contributed by atoms with van der Waals surface area (Å²) in [6.45, 7) is -0.222. The first-order valence-corrected chi connectivity index (χ1v) is 8.43. The second-order valence-corrected chi connectivity index (χ2v) is 6.58. The highest BCUT2D eigenvalue weighted by atomic mass is 19.3. The van der Waals surface area contributed by atoms with Crippen molar-refractivity contribution in [2.75, 3.05) is 20.3 Å². The van der Waals surface area contributed by atoms with Gasteiger partial charge < -0.3 is 9.84 Å². The lowest BCUT2D eigenvalue weighted by atomic mass is 9.83. The van der Waals surface area contributed by atoms with Gasteiger partial charge in [-0.3, -0.25) is 4.90 Å². The molecule has 0 saturated carbocycles. The molecule has 0 bridgehead atoms. The summed E-state index contributed by atoms with van der Waals surface area (Å²) in [5, 5.41) is 9.80. The van der Waals surface area contributed by atoms with Crippen LogP contribution < -0.4 is 4.74 Å². The molecule has 25 heavy (non-hydrogen) atoms. The minimum atomic E-state index is -2.82. The summed E-state index contributed by atoms with van der Waals surface area (Å²) in [5.41, 5.74) is 1.81. The van der Waals surface area contributed by atoms with E-state index in [-0.39, 0.29) is 25.6 Å². The number of likely N-dealkylation sites (tertiary alicyclic amines) is 1. The molecular weight excluding hydrogens is 324 g/mol. The minimum absolute atomic E-state index is 0.288. The number of rotatable bonds is 5. The molecular formula is C20H23F2NO2. The van der Waals surface area contributed by atoms with Gasteiger partial charge in [0.25, 0.3) is 5.92 Å². The van der Waals surface area contributed by atoms with Crippen molar-refractivity contribution >= 4 is 0 Å². The second kappa shape index (κ2) is 7.50. The molecule has 0 unspecified atom stereocenters. The second-order valence-electron chi connectivity index (χ2n) is 6.58. The van der Waals surface area contributed by atoms with E-state index in [9.17, 15) is 13.9 Å². The smallest absolute Gasteiger partial charge is 0.261 e. The van der Waals surface area contributed by atoms with Crippen LogP contribution in [0.4, 0.5) is 8.78 Å². The maximum absolute atomic E-state index is 14.3. The van der Waals surface area contributed by atoms with Gasteiger partial charge in [0.1, 0.15) is 5.75 Å². The van der Waals surface area contributed by atoms with Crippen LogP contribution in [0.3, 0.4) is 0 Å². The van der Waals surface area contributed by atoms with Crippen LogP contribution in [0.2, 0.25) is 0 Å². The molecule has 1 fully saturated rings. The van der Waals surface area contributed by atoms with Gasteiger partial charge in [0.05, 0.1) is 13.7 Å². The summed E-state index contributed by atoms with van der Waals surface area (Å²) in [6, 6.07) is 16.7. The maximum Gasteiger partial charge on any atom is 0.261 e. The zero-order valence-electron chi connectivity index (χ0n) is 14.2. The summed E-state index contributed by atoms with van der Waals surface area (Å²) >= 11 is 0. The molecule has 0 amide bonds. The first-order chi connectivity index (χ1) is 12.0. The number of benzene rings is 2. The number of alkyl halides is 2. The van der Waals surface area contributed by atoms with Crippen molar-refractivity contribution in [3.63, 3.8) is 0 Å². The third-order valence-corrected chi connectivity index (χ3v) is 4.76. The molecule has 0 radical (unpaired) electrons. The van der Waals surface area contributed by atoms with E-state index in [1.165, 1.54) is 0 Å². The molecule has 1 saturated heterocycles. The minimum Gasteiger partial charge on any atom is -0.496 e. The average Bonchev–Trinajstić information content (AvgIpc) is 2.61. The lowest BCUT2D eigenvalue weighted by Gasteiger charge is -2.44. The Kier molecular flexibility index (Phi) is 5.35. The van der Waals surface area contributed by atoms with Crippen molar-refractivity contribution in [2.45, 2.75) is 24.9 Å². The number of halogens is 2. The molecule has 2 aromatic rings. The van der Waals surface area contributed by atoms with Gasteiger partial charge in [0.15, 0.2) is 0 Å². The van der Waals surface area contributed by atoms with E-state index < -0.39 is 11.8 Å². The summed E-state index contributed by atoms with van der Waals surface area (Å²) in [5.74, 6) is -2.71. The van der Waals surface area contributed by atoms with Gasteiger partial charge in [-0.1, -0.05) is 48.5 Å². The Morgan fingerprint density at radius 1 is 1.12 bits per heavy atom. The largest absolute Gasteiger partial charge is 0.496 e. The molecule has 0 aromatic heterocycles. The predicted molar refractivity (Wildman–Crippen MR) is 92.7 cm³/mol. The molecule has 1 N–H and O–H groups in total. The number of hydrogen-bond donors (Lipinski definition) is 1. The van der Waals surface area contributed by atoms with Crippen LogP contribution in [0, 0.1) is 5.92 Å². The van der Waals surface area contributed by atoms with Gasteiger partial charge in [-0.25, -0.2) is 8.78 Å². The first-order valence-electron chi connectivity index (χ1n) is 8.43. The van der Waals surface area contributed by atoms with Crippen LogP contribution in [0.1, 0.15) is 23.6 Å². The summed E-state index contributed by atoms with van der Waals surface area (Å²) in [6.07, 6.45) is -0.322. The molecule has 1 aliphatic heterocycles. The molecule has 5 heteroatoms. The molecule has 2 aromatic carbocycles. The monoisotopic (exact) mass is 347 g/mol. The van der Waals surface area contributed by atoms with Gasteiger partial charge >= 0.3 is 0 Å². The van der Waals surface area contributed by atoms with Crippen molar-refractivity contribution in [3.05, 3.63) is 65.7 Å². The van der Waals surface area contributed by atoms with Crippen molar-refractivity contribution in [3.8, 4) is 5.75 Å². The number of nitrogens with zero attached hydrogens (tertiary/aromatic N) is 1. The Morgan fingerprint density at radius 3 is 2.48 bits per heavy atom. The van der Waals surface area contributed by atoms with Gasteiger partial charge in [-0.2, -0.15) is 0 Å². The van der Waals surface area contributed by atoms with E-state index in [0.717, 1.165) is 11.1 Å². The van der Waals surface area contributed by atoms with Crippen molar-refractivity contribution in [2.24, 2.45) is 5.92 Å². The van der Waals surface area contributed by atoms with Crippen LogP contribution >= 0.6 is 0 Å². The molecule has 3 nitrogen and oxygen atoms in total. The number of hydrogen-bond acceptors (Lipinski definition) is 3. The van der Waals surface area contributed by atoms with E-state index in [0.29, 0.717) is 12.3 Å². The number of para-hydroxylation sites is 1. The SMILES string of the molecule is COc1ccccc1[C@H]1[C@H](CO)CC(F)(F)CN1Cc1ccccc1. The highest BCUT2D eigenvalue weighted by Crippen LogP contribution is 2.45. The van der Waals surface area contributed by atoms with Crippen LogP contribution in [-0.4, -0.2) is 36.2 Å². The zero-order valence-corrected chi connectivity index (χ0v) is 14.2. The lowest BCUT2D eigenvalue weighted by molar-refractivity contribution is -0.120. The van der Waals surface area contributed by atoms with E-state index >= 15 is 0 Å². The van der Waals surface area contributed by atoms with Crippen molar-refractivity contribution in [1.82, 2.24) is 4.90 Å². The van der Waals surface area contributed by atoms with Crippen LogP contribution in [0.5, 0.6) is 5.75 Å². The fourth-order valence-corrected chi connectivity index (χ4v) is 3.75. The van der Waals surface area contributed by atoms with Crippen molar-refractivity contribution in [1.29, 1.82) is 0 Å². The Morgan fingerprint density at radius 2 is 1.80 bits per heavy atom. The van der Waals surface area contributed by atoms with E-state index in [2.05, 4.69) is 0 Å². The third kappa shape index (κ3) is 3.99. The molecule has 0 aliphatic carbocycles. The Bertz CT molecular complexity index is 693. The van der Waals surface area contributed by atoms with Crippen LogP contribution in [0.25, 0.3) is 0 Å². The molecule has 2 atom stereocenters. The van der Waals surface area contributed by atoms with E-state index in [4.69, 9.17) is 4.74 Å². The van der Waals surface area contributed by atoms with E-state index in [1.54, 1.807) is 12.0 Å². The van der Waals surface area contributed by atoms with Gasteiger partial charge in [0.2, 0.25) is 0 Å². The fourth-order valence-electron chi connectivity index (χ4n) is 3.75. The Labute approximate surface area is 146 Å². The van der Waals surface area contributed by atoms with E-state index in [1.807, 2.05) is 54.6 Å². The quantitative estimate of drug-likeness (QED) is 0.891. The molecule has 134 valence electrons. The van der Waals surface area contributed by atoms with Gasteiger partial charge in [0, 0.05) is 37.1 Å². The molecule has 3 rings (SSSR count). The fraction of sp³-hybridized carbons (Fsp3) is 0.400. The number of methoxy groups -OCH3 is 1. The Hall–Kier alpha value is -1.98. The van der Waals surface area contributed by atoms with Gasteiger partial charge in [-0.05, 0) is 11.6 Å². The number of aliphatic hydroxyl groups excluding tert-OH is 1. The first kappa shape index (κ1) is 17.8. The zero-order chi connectivity index (χ0) is 17.9. The summed E-state index contributed by atoms with van der Waals surface area (Å²) < 4.78 is 34.0.